The van der Waals surface area contributed by atoms with Crippen LogP contribution in [0.15, 0.2) is 84.9 Å². The van der Waals surface area contributed by atoms with Crippen LogP contribution in [0.1, 0.15) is 43.9 Å². The summed E-state index contributed by atoms with van der Waals surface area (Å²) in [6.45, 7) is -0.591. The minimum absolute atomic E-state index is 0.0546. The third kappa shape index (κ3) is 5.41. The molecule has 3 aromatic rings. The molecule has 0 aromatic heterocycles. The van der Waals surface area contributed by atoms with Crippen LogP contribution < -0.4 is 4.74 Å². The number of esters is 1. The van der Waals surface area contributed by atoms with Crippen molar-refractivity contribution >= 4 is 52.7 Å². The first-order chi connectivity index (χ1) is 19.2. The first-order valence-electron chi connectivity index (χ1n) is 12.4. The number of carbonyl (C=O) groups is 5. The van der Waals surface area contributed by atoms with Gasteiger partial charge in [0.1, 0.15) is 12.3 Å². The molecule has 1 fully saturated rings. The highest BCUT2D eigenvalue weighted by Gasteiger charge is 2.51. The number of rotatable bonds is 7. The number of ketones is 1. The average molecular weight is 577 g/mol. The minimum Gasteiger partial charge on any atom is -0.423 e. The summed E-state index contributed by atoms with van der Waals surface area (Å²) in [5, 5.41) is 1.99. The molecule has 8 nitrogen and oxygen atoms in total. The van der Waals surface area contributed by atoms with E-state index in [1.807, 2.05) is 12.2 Å². The van der Waals surface area contributed by atoms with Crippen LogP contribution in [0.5, 0.6) is 5.75 Å². The SMILES string of the molecule is O=C(CN(C(=O)c1ccc(Cl)c(Cl)c1)N1C(=O)[C@@H]2CC=CC[C@H]2C1=O)c1ccc(OC(=O)c2ccccc2)cc1. The van der Waals surface area contributed by atoms with Crippen molar-refractivity contribution in [3.63, 3.8) is 0 Å². The Morgan fingerprint density at radius 2 is 1.38 bits per heavy atom. The lowest BCUT2D eigenvalue weighted by Crippen LogP contribution is -2.52. The highest BCUT2D eigenvalue weighted by atomic mass is 35.5. The lowest BCUT2D eigenvalue weighted by Gasteiger charge is -2.30. The van der Waals surface area contributed by atoms with Crippen LogP contribution in [-0.4, -0.2) is 46.0 Å². The molecule has 0 spiro atoms. The fourth-order valence-electron chi connectivity index (χ4n) is 4.71. The molecule has 10 heteroatoms. The number of ether oxygens (including phenoxy) is 1. The summed E-state index contributed by atoms with van der Waals surface area (Å²) in [6.07, 6.45) is 4.41. The molecule has 5 rings (SSSR count). The molecule has 1 heterocycles. The number of halogens is 2. The number of imide groups is 1. The van der Waals surface area contributed by atoms with Crippen LogP contribution in [0.3, 0.4) is 0 Å². The van der Waals surface area contributed by atoms with Crippen LogP contribution in [-0.2, 0) is 9.59 Å². The quantitative estimate of drug-likeness (QED) is 0.123. The molecule has 1 aliphatic carbocycles. The topological polar surface area (TPSA) is 101 Å². The van der Waals surface area contributed by atoms with E-state index in [1.165, 1.54) is 42.5 Å². The number of fused-ring (bicyclic) bond motifs is 1. The molecule has 0 saturated carbocycles. The number of amides is 3. The Kier molecular flexibility index (Phi) is 7.82. The van der Waals surface area contributed by atoms with Gasteiger partial charge in [0.25, 0.3) is 17.7 Å². The van der Waals surface area contributed by atoms with E-state index in [4.69, 9.17) is 27.9 Å². The van der Waals surface area contributed by atoms with E-state index in [0.717, 1.165) is 10.0 Å². The molecular formula is C30H22Cl2N2O6. The second-order valence-corrected chi connectivity index (χ2v) is 10.2. The lowest BCUT2D eigenvalue weighted by atomic mass is 9.85. The number of hydrogen-bond donors (Lipinski definition) is 0. The number of allylic oxidation sites excluding steroid dienone is 2. The van der Waals surface area contributed by atoms with Gasteiger partial charge in [-0.3, -0.25) is 19.2 Å². The van der Waals surface area contributed by atoms with Crippen molar-refractivity contribution in [1.29, 1.82) is 0 Å². The van der Waals surface area contributed by atoms with Crippen molar-refractivity contribution in [2.75, 3.05) is 6.54 Å². The molecule has 40 heavy (non-hydrogen) atoms. The summed E-state index contributed by atoms with van der Waals surface area (Å²) in [7, 11) is 0. The predicted molar refractivity (Wildman–Crippen MR) is 147 cm³/mol. The fraction of sp³-hybridized carbons (Fsp3) is 0.167. The number of carbonyl (C=O) groups excluding carboxylic acids is 5. The van der Waals surface area contributed by atoms with E-state index in [9.17, 15) is 24.0 Å². The average Bonchev–Trinajstić information content (AvgIpc) is 3.23. The van der Waals surface area contributed by atoms with E-state index in [2.05, 4.69) is 0 Å². The number of Topliss-reactive ketones (excluding diaryl/α,β-unsaturated/α-hetero) is 1. The van der Waals surface area contributed by atoms with Gasteiger partial charge in [-0.1, -0.05) is 53.6 Å². The first-order valence-corrected chi connectivity index (χ1v) is 13.2. The second-order valence-electron chi connectivity index (χ2n) is 9.34. The van der Waals surface area contributed by atoms with Crippen molar-refractivity contribution in [3.05, 3.63) is 112 Å². The third-order valence-corrected chi connectivity index (χ3v) is 7.56. The number of benzene rings is 3. The van der Waals surface area contributed by atoms with Gasteiger partial charge in [0.15, 0.2) is 5.78 Å². The van der Waals surface area contributed by atoms with Crippen LogP contribution in [0.4, 0.5) is 0 Å². The summed E-state index contributed by atoms with van der Waals surface area (Å²) in [4.78, 5) is 65.9. The van der Waals surface area contributed by atoms with Gasteiger partial charge in [-0.25, -0.2) is 9.80 Å². The van der Waals surface area contributed by atoms with Crippen LogP contribution >= 0.6 is 23.2 Å². The molecular weight excluding hydrogens is 555 g/mol. The highest BCUT2D eigenvalue weighted by Crippen LogP contribution is 2.36. The Morgan fingerprint density at radius 1 is 0.775 bits per heavy atom. The van der Waals surface area contributed by atoms with E-state index < -0.39 is 47.9 Å². The van der Waals surface area contributed by atoms with Crippen molar-refractivity contribution < 1.29 is 28.7 Å². The van der Waals surface area contributed by atoms with Gasteiger partial charge in [0, 0.05) is 11.1 Å². The zero-order chi connectivity index (χ0) is 28.4. The van der Waals surface area contributed by atoms with Gasteiger partial charge in [-0.05, 0) is 67.4 Å². The monoisotopic (exact) mass is 576 g/mol. The Balaban J connectivity index is 1.39. The highest BCUT2D eigenvalue weighted by molar-refractivity contribution is 6.42. The van der Waals surface area contributed by atoms with E-state index in [1.54, 1.807) is 30.3 Å². The maximum atomic E-state index is 13.6. The van der Waals surface area contributed by atoms with Gasteiger partial charge in [0.2, 0.25) is 0 Å². The Bertz CT molecular complexity index is 1510. The van der Waals surface area contributed by atoms with Gasteiger partial charge < -0.3 is 4.74 Å². The molecule has 3 aromatic carbocycles. The van der Waals surface area contributed by atoms with Gasteiger partial charge in [-0.15, -0.1) is 0 Å². The van der Waals surface area contributed by atoms with Crippen LogP contribution in [0.25, 0.3) is 0 Å². The normalized spacial score (nSPS) is 17.9. The number of nitrogens with zero attached hydrogens (tertiary/aromatic N) is 2. The number of hydrazine groups is 1. The van der Waals surface area contributed by atoms with Crippen molar-refractivity contribution in [2.24, 2.45) is 11.8 Å². The molecule has 1 aliphatic heterocycles. The van der Waals surface area contributed by atoms with Gasteiger partial charge in [-0.2, -0.15) is 5.01 Å². The van der Waals surface area contributed by atoms with Gasteiger partial charge >= 0.3 is 5.97 Å². The molecule has 3 amide bonds. The largest absolute Gasteiger partial charge is 0.423 e. The summed E-state index contributed by atoms with van der Waals surface area (Å²) >= 11 is 12.1. The summed E-state index contributed by atoms with van der Waals surface area (Å²) in [5.74, 6) is -3.91. The molecule has 0 bridgehead atoms. The van der Waals surface area contributed by atoms with Crippen molar-refractivity contribution in [3.8, 4) is 5.75 Å². The summed E-state index contributed by atoms with van der Waals surface area (Å²) in [5.41, 5.74) is 0.610. The second kappa shape index (κ2) is 11.5. The molecule has 0 N–H and O–H groups in total. The van der Waals surface area contributed by atoms with E-state index >= 15 is 0 Å². The predicted octanol–water partition coefficient (Wildman–Crippen LogP) is 5.40. The standard InChI is InChI=1S/C30H22Cl2N2O6/c31-24-15-12-20(16-25(24)32)27(36)33(34-28(37)22-8-4-5-9-23(22)29(34)38)17-26(35)18-10-13-21(14-11-18)40-30(39)19-6-2-1-3-7-19/h1-7,10-16,22-23H,8-9,17H2/t22-,23-/m1/s1. The van der Waals surface area contributed by atoms with E-state index in [0.29, 0.717) is 18.4 Å². The van der Waals surface area contributed by atoms with Crippen molar-refractivity contribution in [1.82, 2.24) is 10.0 Å². The summed E-state index contributed by atoms with van der Waals surface area (Å²) in [6, 6.07) is 18.4. The van der Waals surface area contributed by atoms with E-state index in [-0.39, 0.29) is 26.9 Å². The third-order valence-electron chi connectivity index (χ3n) is 6.82. The maximum absolute atomic E-state index is 13.6. The minimum atomic E-state index is -0.756. The smallest absolute Gasteiger partial charge is 0.343 e. The molecule has 0 radical (unpaired) electrons. The Labute approximate surface area is 239 Å². The zero-order valence-corrected chi connectivity index (χ0v) is 22.5. The van der Waals surface area contributed by atoms with Gasteiger partial charge in [0.05, 0.1) is 27.4 Å². The molecule has 2 aliphatic rings. The van der Waals surface area contributed by atoms with Crippen LogP contribution in [0.2, 0.25) is 10.0 Å². The zero-order valence-electron chi connectivity index (χ0n) is 21.0. The maximum Gasteiger partial charge on any atom is 0.343 e. The molecule has 0 unspecified atom stereocenters. The first kappa shape index (κ1) is 27.3. The molecule has 2 atom stereocenters. The summed E-state index contributed by atoms with van der Waals surface area (Å²) < 4.78 is 5.36. The molecule has 1 saturated heterocycles. The number of hydrogen-bond acceptors (Lipinski definition) is 6. The fourth-order valence-corrected chi connectivity index (χ4v) is 5.01. The Hall–Kier alpha value is -4.27. The van der Waals surface area contributed by atoms with Crippen molar-refractivity contribution in [2.45, 2.75) is 12.8 Å². The lowest BCUT2D eigenvalue weighted by molar-refractivity contribution is -0.154. The van der Waals surface area contributed by atoms with Crippen LogP contribution in [0, 0.1) is 11.8 Å². The molecule has 202 valence electrons. The Morgan fingerprint density at radius 3 is 1.98 bits per heavy atom.